The lowest BCUT2D eigenvalue weighted by molar-refractivity contribution is 0.172. The van der Waals surface area contributed by atoms with Gasteiger partial charge in [0.25, 0.3) is 0 Å². The number of urea groups is 1. The van der Waals surface area contributed by atoms with Gasteiger partial charge in [0.15, 0.2) is 16.6 Å². The number of benzene rings is 2. The first-order valence-electron chi connectivity index (χ1n) is 8.16. The average Bonchev–Trinajstić information content (AvgIpc) is 3.07. The molecule has 8 nitrogen and oxygen atoms in total. The van der Waals surface area contributed by atoms with Gasteiger partial charge in [-0.3, -0.25) is 5.32 Å². The lowest BCUT2D eigenvalue weighted by Crippen LogP contribution is -2.19. The number of nitrogens with zero attached hydrogens (tertiary/aromatic N) is 1. The highest BCUT2D eigenvalue weighted by molar-refractivity contribution is 7.22. The second-order valence-electron chi connectivity index (χ2n) is 5.63. The van der Waals surface area contributed by atoms with Crippen LogP contribution >= 0.6 is 11.3 Å². The molecule has 27 heavy (non-hydrogen) atoms. The van der Waals surface area contributed by atoms with E-state index in [0.717, 1.165) is 10.2 Å². The van der Waals surface area contributed by atoms with Crippen LogP contribution in [-0.2, 0) is 0 Å². The zero-order valence-corrected chi connectivity index (χ0v) is 15.5. The minimum Gasteiger partial charge on any atom is -0.497 e. The van der Waals surface area contributed by atoms with Gasteiger partial charge in [-0.2, -0.15) is 0 Å². The van der Waals surface area contributed by atoms with Crippen molar-refractivity contribution in [3.05, 3.63) is 30.3 Å². The van der Waals surface area contributed by atoms with Crippen molar-refractivity contribution in [3.63, 3.8) is 0 Å². The third-order valence-electron chi connectivity index (χ3n) is 3.93. The fraction of sp³-hybridized carbons (Fsp3) is 0.222. The van der Waals surface area contributed by atoms with Crippen LogP contribution in [-0.4, -0.2) is 38.4 Å². The summed E-state index contributed by atoms with van der Waals surface area (Å²) in [6.07, 6.45) is 0. The number of carbonyl (C=O) groups excluding carboxylic acids is 1. The Labute approximate surface area is 159 Å². The van der Waals surface area contributed by atoms with Crippen molar-refractivity contribution in [2.45, 2.75) is 0 Å². The van der Waals surface area contributed by atoms with Gasteiger partial charge in [0, 0.05) is 18.2 Å². The van der Waals surface area contributed by atoms with Gasteiger partial charge >= 0.3 is 6.03 Å². The van der Waals surface area contributed by atoms with Crippen LogP contribution in [0.1, 0.15) is 0 Å². The maximum Gasteiger partial charge on any atom is 0.325 e. The van der Waals surface area contributed by atoms with E-state index in [4.69, 9.17) is 18.9 Å². The van der Waals surface area contributed by atoms with E-state index in [1.165, 1.54) is 18.4 Å². The number of methoxy groups -OCH3 is 2. The Morgan fingerprint density at radius 1 is 1.07 bits per heavy atom. The molecule has 0 radical (unpaired) electrons. The lowest BCUT2D eigenvalue weighted by atomic mass is 10.2. The maximum absolute atomic E-state index is 12.3. The molecule has 0 atom stereocenters. The molecule has 2 aromatic carbocycles. The quantitative estimate of drug-likeness (QED) is 0.709. The monoisotopic (exact) mass is 387 g/mol. The van der Waals surface area contributed by atoms with Crippen molar-refractivity contribution in [3.8, 4) is 23.0 Å². The molecule has 0 saturated heterocycles. The van der Waals surface area contributed by atoms with E-state index >= 15 is 0 Å². The van der Waals surface area contributed by atoms with Gasteiger partial charge in [0.05, 0.1) is 30.1 Å². The zero-order chi connectivity index (χ0) is 18.8. The molecule has 2 N–H and O–H groups in total. The molecular formula is C18H17N3O5S. The van der Waals surface area contributed by atoms with E-state index in [2.05, 4.69) is 15.6 Å². The Morgan fingerprint density at radius 2 is 1.85 bits per heavy atom. The van der Waals surface area contributed by atoms with Crippen molar-refractivity contribution in [1.29, 1.82) is 0 Å². The van der Waals surface area contributed by atoms with Gasteiger partial charge in [0.2, 0.25) is 0 Å². The van der Waals surface area contributed by atoms with Crippen molar-refractivity contribution in [1.82, 2.24) is 4.98 Å². The second-order valence-corrected chi connectivity index (χ2v) is 6.66. The van der Waals surface area contributed by atoms with Gasteiger partial charge in [-0.1, -0.05) is 11.3 Å². The number of rotatable bonds is 4. The van der Waals surface area contributed by atoms with Crippen LogP contribution < -0.4 is 29.6 Å². The standard InChI is InChI=1S/C18H17N3O5S/c1-23-10-3-4-11(13(7-10)24-2)19-17(22)21-18-20-12-8-14-15(9-16(12)27-18)26-6-5-25-14/h3-4,7-9H,5-6H2,1-2H3,(H2,19,20,21,22). The summed E-state index contributed by atoms with van der Waals surface area (Å²) >= 11 is 1.36. The predicted molar refractivity (Wildman–Crippen MR) is 103 cm³/mol. The van der Waals surface area contributed by atoms with Gasteiger partial charge < -0.3 is 24.3 Å². The van der Waals surface area contributed by atoms with Gasteiger partial charge in [0.1, 0.15) is 24.7 Å². The summed E-state index contributed by atoms with van der Waals surface area (Å²) in [6.45, 7) is 1.04. The van der Waals surface area contributed by atoms with Crippen LogP contribution in [0.4, 0.5) is 15.6 Å². The van der Waals surface area contributed by atoms with Gasteiger partial charge in [-0.05, 0) is 12.1 Å². The number of hydrogen-bond donors (Lipinski definition) is 2. The molecule has 1 aliphatic heterocycles. The molecule has 1 aromatic heterocycles. The molecule has 1 aliphatic rings. The Morgan fingerprint density at radius 3 is 2.59 bits per heavy atom. The molecular weight excluding hydrogens is 370 g/mol. The topological polar surface area (TPSA) is 90.9 Å². The van der Waals surface area contributed by atoms with Crippen molar-refractivity contribution < 1.29 is 23.7 Å². The number of carbonyl (C=O) groups is 1. The van der Waals surface area contributed by atoms with E-state index in [9.17, 15) is 4.79 Å². The third-order valence-corrected chi connectivity index (χ3v) is 4.86. The molecule has 2 heterocycles. The van der Waals surface area contributed by atoms with Crippen LogP contribution in [0.25, 0.3) is 10.2 Å². The Balaban J connectivity index is 1.51. The normalized spacial score (nSPS) is 12.5. The fourth-order valence-electron chi connectivity index (χ4n) is 2.67. The van der Waals surface area contributed by atoms with E-state index in [0.29, 0.717) is 47.0 Å². The Hall–Kier alpha value is -3.20. The number of thiazole rings is 1. The average molecular weight is 387 g/mol. The number of anilines is 2. The summed E-state index contributed by atoms with van der Waals surface area (Å²) in [4.78, 5) is 16.8. The summed E-state index contributed by atoms with van der Waals surface area (Å²) in [7, 11) is 3.09. The third kappa shape index (κ3) is 3.54. The minimum atomic E-state index is -0.421. The number of hydrogen-bond acceptors (Lipinski definition) is 7. The number of amides is 2. The fourth-order valence-corrected chi connectivity index (χ4v) is 3.54. The van der Waals surface area contributed by atoms with Crippen molar-refractivity contribution in [2.75, 3.05) is 38.1 Å². The molecule has 0 aliphatic carbocycles. The molecule has 4 rings (SSSR count). The first-order chi connectivity index (χ1) is 13.2. The lowest BCUT2D eigenvalue weighted by Gasteiger charge is -2.17. The first-order valence-corrected chi connectivity index (χ1v) is 8.98. The van der Waals surface area contributed by atoms with Crippen LogP contribution in [0.2, 0.25) is 0 Å². The van der Waals surface area contributed by atoms with Crippen LogP contribution in [0, 0.1) is 0 Å². The van der Waals surface area contributed by atoms with Crippen LogP contribution in [0.3, 0.4) is 0 Å². The first kappa shape index (κ1) is 17.2. The predicted octanol–water partition coefficient (Wildman–Crippen LogP) is 3.73. The van der Waals surface area contributed by atoms with Gasteiger partial charge in [-0.25, -0.2) is 9.78 Å². The molecule has 0 spiro atoms. The van der Waals surface area contributed by atoms with Gasteiger partial charge in [-0.15, -0.1) is 0 Å². The smallest absolute Gasteiger partial charge is 0.325 e. The minimum absolute atomic E-state index is 0.421. The van der Waals surface area contributed by atoms with E-state index < -0.39 is 6.03 Å². The second kappa shape index (κ2) is 7.20. The van der Waals surface area contributed by atoms with Crippen molar-refractivity contribution in [2.24, 2.45) is 0 Å². The summed E-state index contributed by atoms with van der Waals surface area (Å²) in [6, 6.07) is 8.40. The Kier molecular flexibility index (Phi) is 4.59. The number of nitrogens with one attached hydrogen (secondary N) is 2. The largest absolute Gasteiger partial charge is 0.497 e. The Bertz CT molecular complexity index is 961. The van der Waals surface area contributed by atoms with E-state index in [1.807, 2.05) is 12.1 Å². The highest BCUT2D eigenvalue weighted by Gasteiger charge is 2.16. The SMILES string of the molecule is COc1ccc(NC(=O)Nc2nc3cc4c(cc3s2)OCCO4)c(OC)c1. The van der Waals surface area contributed by atoms with Crippen LogP contribution in [0.15, 0.2) is 30.3 Å². The summed E-state index contributed by atoms with van der Waals surface area (Å²) in [5, 5.41) is 5.96. The molecule has 0 fully saturated rings. The highest BCUT2D eigenvalue weighted by atomic mass is 32.1. The summed E-state index contributed by atoms with van der Waals surface area (Å²) in [5.74, 6) is 2.49. The molecule has 9 heteroatoms. The number of fused-ring (bicyclic) bond motifs is 2. The van der Waals surface area contributed by atoms with Crippen molar-refractivity contribution >= 4 is 38.4 Å². The molecule has 0 saturated carbocycles. The maximum atomic E-state index is 12.3. The highest BCUT2D eigenvalue weighted by Crippen LogP contribution is 2.38. The number of aromatic nitrogens is 1. The molecule has 0 unspecified atom stereocenters. The molecule has 3 aromatic rings. The summed E-state index contributed by atoms with van der Waals surface area (Å²) < 4.78 is 22.5. The molecule has 140 valence electrons. The summed E-state index contributed by atoms with van der Waals surface area (Å²) in [5.41, 5.74) is 1.26. The number of ether oxygens (including phenoxy) is 4. The zero-order valence-electron chi connectivity index (χ0n) is 14.7. The molecule has 2 amide bonds. The van der Waals surface area contributed by atoms with E-state index in [1.54, 1.807) is 25.3 Å². The molecule has 0 bridgehead atoms. The van der Waals surface area contributed by atoms with E-state index in [-0.39, 0.29) is 0 Å². The van der Waals surface area contributed by atoms with Crippen LogP contribution in [0.5, 0.6) is 23.0 Å².